The van der Waals surface area contributed by atoms with Crippen molar-refractivity contribution >= 4 is 16.6 Å². The molecular weight excluding hydrogens is 234 g/mol. The summed E-state index contributed by atoms with van der Waals surface area (Å²) < 4.78 is 0. The van der Waals surface area contributed by atoms with Crippen molar-refractivity contribution in [3.63, 3.8) is 0 Å². The van der Waals surface area contributed by atoms with Crippen molar-refractivity contribution in [2.24, 2.45) is 0 Å². The molecule has 0 spiro atoms. The van der Waals surface area contributed by atoms with Crippen molar-refractivity contribution in [2.75, 3.05) is 19.6 Å². The molecule has 0 aliphatic carbocycles. The van der Waals surface area contributed by atoms with E-state index in [4.69, 9.17) is 0 Å². The summed E-state index contributed by atoms with van der Waals surface area (Å²) in [5.74, 6) is 0.240. The Morgan fingerprint density at radius 2 is 1.68 bits per heavy atom. The first-order chi connectivity index (χ1) is 9.26. The van der Waals surface area contributed by atoms with E-state index >= 15 is 0 Å². The van der Waals surface area contributed by atoms with E-state index < -0.39 is 0 Å². The minimum Gasteiger partial charge on any atom is -0.303 e. The Hall–Kier alpha value is -1.67. The van der Waals surface area contributed by atoms with Gasteiger partial charge in [-0.15, -0.1) is 0 Å². The topological polar surface area (TPSA) is 20.3 Å². The Balaban J connectivity index is 2.17. The fourth-order valence-electron chi connectivity index (χ4n) is 2.40. The van der Waals surface area contributed by atoms with Gasteiger partial charge in [-0.05, 0) is 23.9 Å². The molecule has 2 aromatic carbocycles. The molecule has 0 fully saturated rings. The third-order valence-electron chi connectivity index (χ3n) is 3.64. The van der Waals surface area contributed by atoms with Crippen LogP contribution in [-0.2, 0) is 0 Å². The maximum atomic E-state index is 12.4. The molecule has 0 radical (unpaired) electrons. The van der Waals surface area contributed by atoms with Crippen LogP contribution >= 0.6 is 0 Å². The fourth-order valence-corrected chi connectivity index (χ4v) is 2.40. The summed E-state index contributed by atoms with van der Waals surface area (Å²) in [6.45, 7) is 7.10. The van der Waals surface area contributed by atoms with Crippen LogP contribution in [0.4, 0.5) is 0 Å². The number of ketones is 1. The number of nitrogens with zero attached hydrogens (tertiary/aromatic N) is 1. The zero-order valence-electron chi connectivity index (χ0n) is 11.7. The van der Waals surface area contributed by atoms with E-state index in [2.05, 4.69) is 30.9 Å². The molecule has 2 rings (SSSR count). The number of hydrogen-bond donors (Lipinski definition) is 0. The normalized spacial score (nSPS) is 11.1. The van der Waals surface area contributed by atoms with Crippen LogP contribution in [0.25, 0.3) is 10.8 Å². The molecule has 100 valence electrons. The second kappa shape index (κ2) is 6.48. The van der Waals surface area contributed by atoms with Gasteiger partial charge in [0.15, 0.2) is 5.78 Å². The van der Waals surface area contributed by atoms with E-state index in [9.17, 15) is 4.79 Å². The number of benzene rings is 2. The third kappa shape index (κ3) is 3.21. The molecule has 0 aliphatic heterocycles. The number of rotatable bonds is 6. The molecule has 0 bridgehead atoms. The highest BCUT2D eigenvalue weighted by Crippen LogP contribution is 2.19. The lowest BCUT2D eigenvalue weighted by molar-refractivity contribution is 0.0968. The van der Waals surface area contributed by atoms with Crippen LogP contribution in [0.3, 0.4) is 0 Å². The summed E-state index contributed by atoms with van der Waals surface area (Å²) in [6, 6.07) is 14.0. The lowest BCUT2D eigenvalue weighted by atomic mass is 10.00. The summed E-state index contributed by atoms with van der Waals surface area (Å²) in [7, 11) is 0. The van der Waals surface area contributed by atoms with Crippen LogP contribution in [0.15, 0.2) is 42.5 Å². The predicted molar refractivity (Wildman–Crippen MR) is 80.7 cm³/mol. The number of hydrogen-bond acceptors (Lipinski definition) is 2. The number of carbonyl (C=O) groups is 1. The van der Waals surface area contributed by atoms with Gasteiger partial charge in [-0.3, -0.25) is 4.79 Å². The first-order valence-electron chi connectivity index (χ1n) is 6.99. The van der Waals surface area contributed by atoms with Crippen molar-refractivity contribution < 1.29 is 4.79 Å². The highest BCUT2D eigenvalue weighted by molar-refractivity contribution is 6.08. The SMILES string of the molecule is CCN(CC)CCC(=O)c1cccc2ccccc12. The molecule has 2 nitrogen and oxygen atoms in total. The van der Waals surface area contributed by atoms with Gasteiger partial charge in [-0.1, -0.05) is 56.3 Å². The van der Waals surface area contributed by atoms with Crippen molar-refractivity contribution in [3.05, 3.63) is 48.0 Å². The molecule has 0 aromatic heterocycles. The Bertz CT molecular complexity index is 553. The Labute approximate surface area is 115 Å². The summed E-state index contributed by atoms with van der Waals surface area (Å²) in [4.78, 5) is 14.6. The van der Waals surface area contributed by atoms with E-state index in [0.717, 1.165) is 36.0 Å². The molecule has 0 unspecified atom stereocenters. The molecule has 2 heteroatoms. The molecule has 2 aromatic rings. The van der Waals surface area contributed by atoms with Gasteiger partial charge in [0.1, 0.15) is 0 Å². The Morgan fingerprint density at radius 3 is 2.42 bits per heavy atom. The van der Waals surface area contributed by atoms with E-state index in [1.54, 1.807) is 0 Å². The van der Waals surface area contributed by atoms with Crippen LogP contribution in [0.5, 0.6) is 0 Å². The van der Waals surface area contributed by atoms with Gasteiger partial charge >= 0.3 is 0 Å². The van der Waals surface area contributed by atoms with Crippen LogP contribution < -0.4 is 0 Å². The smallest absolute Gasteiger partial charge is 0.164 e. The van der Waals surface area contributed by atoms with Crippen LogP contribution in [0, 0.1) is 0 Å². The Morgan fingerprint density at radius 1 is 1.00 bits per heavy atom. The molecule has 0 heterocycles. The highest BCUT2D eigenvalue weighted by atomic mass is 16.1. The quantitative estimate of drug-likeness (QED) is 0.733. The van der Waals surface area contributed by atoms with Crippen molar-refractivity contribution in [3.8, 4) is 0 Å². The fraction of sp³-hybridized carbons (Fsp3) is 0.353. The van der Waals surface area contributed by atoms with Gasteiger partial charge in [-0.25, -0.2) is 0 Å². The summed E-state index contributed by atoms with van der Waals surface area (Å²) >= 11 is 0. The zero-order valence-corrected chi connectivity index (χ0v) is 11.7. The molecule has 0 aliphatic rings. The third-order valence-corrected chi connectivity index (χ3v) is 3.64. The molecule has 0 saturated carbocycles. The van der Waals surface area contributed by atoms with Gasteiger partial charge < -0.3 is 4.90 Å². The number of carbonyl (C=O) groups excluding carboxylic acids is 1. The monoisotopic (exact) mass is 255 g/mol. The average Bonchev–Trinajstić information content (AvgIpc) is 2.47. The standard InChI is InChI=1S/C17H21NO/c1-3-18(4-2)13-12-17(19)16-11-7-9-14-8-5-6-10-15(14)16/h5-11H,3-4,12-13H2,1-2H3. The van der Waals surface area contributed by atoms with E-state index in [0.29, 0.717) is 6.42 Å². The number of Topliss-reactive ketones (excluding diaryl/α,β-unsaturated/α-hetero) is 1. The first-order valence-corrected chi connectivity index (χ1v) is 6.99. The summed E-state index contributed by atoms with van der Waals surface area (Å²) in [5, 5.41) is 2.20. The van der Waals surface area contributed by atoms with Crippen molar-refractivity contribution in [2.45, 2.75) is 20.3 Å². The van der Waals surface area contributed by atoms with Crippen LogP contribution in [0.2, 0.25) is 0 Å². The minimum absolute atomic E-state index is 0.240. The minimum atomic E-state index is 0.240. The van der Waals surface area contributed by atoms with Gasteiger partial charge in [0.2, 0.25) is 0 Å². The lowest BCUT2D eigenvalue weighted by Gasteiger charge is -2.17. The van der Waals surface area contributed by atoms with Gasteiger partial charge in [0.25, 0.3) is 0 Å². The predicted octanol–water partition coefficient (Wildman–Crippen LogP) is 3.75. The van der Waals surface area contributed by atoms with Crippen LogP contribution in [-0.4, -0.2) is 30.3 Å². The van der Waals surface area contributed by atoms with E-state index in [1.807, 2.05) is 30.3 Å². The molecule has 0 amide bonds. The summed E-state index contributed by atoms with van der Waals surface area (Å²) in [6.07, 6.45) is 0.593. The molecule has 0 N–H and O–H groups in total. The van der Waals surface area contributed by atoms with Crippen molar-refractivity contribution in [1.82, 2.24) is 4.90 Å². The zero-order chi connectivity index (χ0) is 13.7. The van der Waals surface area contributed by atoms with Gasteiger partial charge in [0, 0.05) is 18.5 Å². The van der Waals surface area contributed by atoms with E-state index in [1.165, 1.54) is 0 Å². The molecule has 0 atom stereocenters. The summed E-state index contributed by atoms with van der Waals surface area (Å²) in [5.41, 5.74) is 0.852. The van der Waals surface area contributed by atoms with Crippen LogP contribution in [0.1, 0.15) is 30.6 Å². The maximum absolute atomic E-state index is 12.4. The van der Waals surface area contributed by atoms with E-state index in [-0.39, 0.29) is 5.78 Å². The number of fused-ring (bicyclic) bond motifs is 1. The molecule has 19 heavy (non-hydrogen) atoms. The average molecular weight is 255 g/mol. The molecule has 0 saturated heterocycles. The van der Waals surface area contributed by atoms with Crippen molar-refractivity contribution in [1.29, 1.82) is 0 Å². The second-order valence-corrected chi connectivity index (χ2v) is 4.73. The van der Waals surface area contributed by atoms with Gasteiger partial charge in [0.05, 0.1) is 0 Å². The molecular formula is C17H21NO. The largest absolute Gasteiger partial charge is 0.303 e. The maximum Gasteiger partial charge on any atom is 0.164 e. The lowest BCUT2D eigenvalue weighted by Crippen LogP contribution is -2.25. The highest BCUT2D eigenvalue weighted by Gasteiger charge is 2.10. The van der Waals surface area contributed by atoms with Gasteiger partial charge in [-0.2, -0.15) is 0 Å². The Kier molecular flexibility index (Phi) is 4.69. The first kappa shape index (κ1) is 13.8. The second-order valence-electron chi connectivity index (χ2n) is 4.73.